The predicted molar refractivity (Wildman–Crippen MR) is 90.1 cm³/mol. The summed E-state index contributed by atoms with van der Waals surface area (Å²) in [6.07, 6.45) is 5.65. The molecule has 0 aliphatic carbocycles. The summed E-state index contributed by atoms with van der Waals surface area (Å²) >= 11 is 0. The summed E-state index contributed by atoms with van der Waals surface area (Å²) in [7, 11) is 0. The summed E-state index contributed by atoms with van der Waals surface area (Å²) in [5.74, 6) is 0. The van der Waals surface area contributed by atoms with Gasteiger partial charge in [0.25, 0.3) is 5.56 Å². The van der Waals surface area contributed by atoms with Gasteiger partial charge in [-0.2, -0.15) is 0 Å². The van der Waals surface area contributed by atoms with Crippen LogP contribution in [0, 0.1) is 0 Å². The van der Waals surface area contributed by atoms with Crippen LogP contribution in [0.2, 0.25) is 0 Å². The van der Waals surface area contributed by atoms with Crippen molar-refractivity contribution in [3.8, 4) is 0 Å². The number of likely N-dealkylation sites (tertiary alicyclic amines) is 2. The van der Waals surface area contributed by atoms with E-state index in [1.807, 2.05) is 10.6 Å². The zero-order valence-corrected chi connectivity index (χ0v) is 14.2. The lowest BCUT2D eigenvalue weighted by atomic mass is 9.86. The van der Waals surface area contributed by atoms with Crippen LogP contribution in [-0.4, -0.2) is 45.6 Å². The molecule has 4 nitrogen and oxygen atoms in total. The number of nitrogens with zero attached hydrogens (tertiary/aromatic N) is 3. The standard InChI is InChI=1S/C18H29N3O/c1-4-8-19-10-15(6-7-18(19)22)11-21-16-9-17(21)13-20(12-16)14(3)5-2/h6-7,10,14,16-17H,4-5,8-9,11-13H2,1-3H3. The number of piperazine rings is 1. The van der Waals surface area contributed by atoms with Gasteiger partial charge in [0, 0.05) is 56.6 Å². The monoisotopic (exact) mass is 303 g/mol. The molecule has 4 heteroatoms. The lowest BCUT2D eigenvalue weighted by Gasteiger charge is -2.57. The molecule has 3 heterocycles. The number of fused-ring (bicyclic) bond motifs is 2. The smallest absolute Gasteiger partial charge is 0.250 e. The topological polar surface area (TPSA) is 28.5 Å². The molecule has 22 heavy (non-hydrogen) atoms. The molecular formula is C18H29N3O. The number of aryl methyl sites for hydroxylation is 1. The Balaban J connectivity index is 1.64. The van der Waals surface area contributed by atoms with E-state index >= 15 is 0 Å². The maximum absolute atomic E-state index is 11.8. The first kappa shape index (κ1) is 15.8. The highest BCUT2D eigenvalue weighted by Gasteiger charge is 2.44. The first-order valence-electron chi connectivity index (χ1n) is 8.81. The van der Waals surface area contributed by atoms with Crippen LogP contribution in [0.1, 0.15) is 45.6 Å². The Hall–Kier alpha value is -1.13. The van der Waals surface area contributed by atoms with Crippen molar-refractivity contribution in [3.05, 3.63) is 34.2 Å². The van der Waals surface area contributed by atoms with E-state index in [0.717, 1.165) is 19.5 Å². The molecule has 2 fully saturated rings. The summed E-state index contributed by atoms with van der Waals surface area (Å²) in [4.78, 5) is 17.1. The average Bonchev–Trinajstić information content (AvgIpc) is 2.54. The third kappa shape index (κ3) is 2.99. The highest BCUT2D eigenvalue weighted by atomic mass is 16.1. The predicted octanol–water partition coefficient (Wildman–Crippen LogP) is 2.32. The number of rotatable bonds is 6. The Labute approximate surface area is 133 Å². The Kier molecular flexibility index (Phi) is 4.69. The molecule has 2 bridgehead atoms. The van der Waals surface area contributed by atoms with E-state index in [9.17, 15) is 4.79 Å². The second-order valence-electron chi connectivity index (χ2n) is 7.00. The summed E-state index contributed by atoms with van der Waals surface area (Å²) in [5.41, 5.74) is 1.40. The van der Waals surface area contributed by atoms with Crippen molar-refractivity contribution in [2.45, 2.75) is 71.2 Å². The van der Waals surface area contributed by atoms with Crippen molar-refractivity contribution in [2.24, 2.45) is 0 Å². The zero-order valence-electron chi connectivity index (χ0n) is 14.2. The lowest BCUT2D eigenvalue weighted by molar-refractivity contribution is -0.0858. The number of piperidine rings is 1. The van der Waals surface area contributed by atoms with Crippen molar-refractivity contribution in [3.63, 3.8) is 0 Å². The quantitative estimate of drug-likeness (QED) is 0.807. The molecular weight excluding hydrogens is 274 g/mol. The molecule has 2 aliphatic heterocycles. The largest absolute Gasteiger partial charge is 0.315 e. The van der Waals surface area contributed by atoms with Crippen LogP contribution >= 0.6 is 0 Å². The van der Waals surface area contributed by atoms with Gasteiger partial charge in [-0.15, -0.1) is 0 Å². The molecule has 0 saturated carbocycles. The zero-order chi connectivity index (χ0) is 15.7. The SMILES string of the molecule is CCCn1cc(CN2C3CC2CN(C(C)CC)C3)ccc1=O. The Morgan fingerprint density at radius 1 is 1.23 bits per heavy atom. The van der Waals surface area contributed by atoms with E-state index in [-0.39, 0.29) is 5.56 Å². The van der Waals surface area contributed by atoms with Crippen molar-refractivity contribution in [2.75, 3.05) is 13.1 Å². The van der Waals surface area contributed by atoms with Gasteiger partial charge in [0.05, 0.1) is 0 Å². The van der Waals surface area contributed by atoms with E-state index in [0.29, 0.717) is 18.1 Å². The first-order chi connectivity index (χ1) is 10.6. The summed E-state index contributed by atoms with van der Waals surface area (Å²) in [6.45, 7) is 11.0. The normalized spacial score (nSPS) is 26.7. The number of pyridine rings is 1. The fourth-order valence-corrected chi connectivity index (χ4v) is 3.90. The maximum atomic E-state index is 11.8. The Morgan fingerprint density at radius 3 is 2.59 bits per heavy atom. The van der Waals surface area contributed by atoms with E-state index in [2.05, 4.69) is 36.8 Å². The number of aromatic nitrogens is 1. The molecule has 0 aromatic carbocycles. The van der Waals surface area contributed by atoms with Gasteiger partial charge in [-0.1, -0.05) is 19.9 Å². The summed E-state index contributed by atoms with van der Waals surface area (Å²) < 4.78 is 1.86. The van der Waals surface area contributed by atoms with Gasteiger partial charge < -0.3 is 4.57 Å². The Morgan fingerprint density at radius 2 is 1.95 bits per heavy atom. The molecule has 3 unspecified atom stereocenters. The van der Waals surface area contributed by atoms with Gasteiger partial charge >= 0.3 is 0 Å². The minimum absolute atomic E-state index is 0.123. The van der Waals surface area contributed by atoms with E-state index in [1.165, 1.54) is 31.5 Å². The Bertz CT molecular complexity index is 556. The van der Waals surface area contributed by atoms with E-state index in [4.69, 9.17) is 0 Å². The highest BCUT2D eigenvalue weighted by molar-refractivity contribution is 5.13. The summed E-state index contributed by atoms with van der Waals surface area (Å²) in [6, 6.07) is 5.86. The second kappa shape index (κ2) is 6.55. The van der Waals surface area contributed by atoms with Crippen LogP contribution < -0.4 is 5.56 Å². The molecule has 0 amide bonds. The highest BCUT2D eigenvalue weighted by Crippen LogP contribution is 2.34. The molecule has 2 aliphatic rings. The molecule has 3 rings (SSSR count). The molecule has 1 aromatic rings. The van der Waals surface area contributed by atoms with Crippen molar-refractivity contribution < 1.29 is 0 Å². The van der Waals surface area contributed by atoms with Crippen LogP contribution in [0.25, 0.3) is 0 Å². The average molecular weight is 303 g/mol. The van der Waals surface area contributed by atoms with Gasteiger partial charge in [-0.05, 0) is 31.7 Å². The number of hydrogen-bond acceptors (Lipinski definition) is 3. The molecule has 3 atom stereocenters. The van der Waals surface area contributed by atoms with Gasteiger partial charge in [-0.3, -0.25) is 14.6 Å². The molecule has 2 saturated heterocycles. The molecule has 122 valence electrons. The third-order valence-corrected chi connectivity index (χ3v) is 5.46. The van der Waals surface area contributed by atoms with Crippen molar-refractivity contribution >= 4 is 0 Å². The summed E-state index contributed by atoms with van der Waals surface area (Å²) in [5, 5.41) is 0. The molecule has 1 aromatic heterocycles. The van der Waals surface area contributed by atoms with Crippen molar-refractivity contribution in [1.82, 2.24) is 14.4 Å². The fourth-order valence-electron chi connectivity index (χ4n) is 3.90. The van der Waals surface area contributed by atoms with Gasteiger partial charge in [0.15, 0.2) is 0 Å². The van der Waals surface area contributed by atoms with Crippen LogP contribution in [0.4, 0.5) is 0 Å². The van der Waals surface area contributed by atoms with Gasteiger partial charge in [-0.25, -0.2) is 0 Å². The van der Waals surface area contributed by atoms with Crippen LogP contribution in [0.3, 0.4) is 0 Å². The second-order valence-corrected chi connectivity index (χ2v) is 7.00. The first-order valence-corrected chi connectivity index (χ1v) is 8.81. The van der Waals surface area contributed by atoms with Crippen molar-refractivity contribution in [1.29, 1.82) is 0 Å². The maximum Gasteiger partial charge on any atom is 0.250 e. The van der Waals surface area contributed by atoms with Gasteiger partial charge in [0.1, 0.15) is 0 Å². The lowest BCUT2D eigenvalue weighted by Crippen LogP contribution is -2.69. The fraction of sp³-hybridized carbons (Fsp3) is 0.722. The minimum Gasteiger partial charge on any atom is -0.315 e. The van der Waals surface area contributed by atoms with E-state index in [1.54, 1.807) is 6.07 Å². The van der Waals surface area contributed by atoms with Crippen LogP contribution in [-0.2, 0) is 13.1 Å². The van der Waals surface area contributed by atoms with Gasteiger partial charge in [0.2, 0.25) is 0 Å². The minimum atomic E-state index is 0.123. The molecule has 0 spiro atoms. The van der Waals surface area contributed by atoms with Crippen LogP contribution in [0.5, 0.6) is 0 Å². The van der Waals surface area contributed by atoms with E-state index < -0.39 is 0 Å². The molecule has 0 radical (unpaired) electrons. The van der Waals surface area contributed by atoms with Crippen LogP contribution in [0.15, 0.2) is 23.1 Å². The third-order valence-electron chi connectivity index (χ3n) is 5.46. The molecule has 0 N–H and O–H groups in total. The number of hydrogen-bond donors (Lipinski definition) is 0.